The van der Waals surface area contributed by atoms with Crippen LogP contribution in [0.2, 0.25) is 0 Å². The number of nitrogens with two attached hydrogens (primary N) is 2. The molecule has 6 nitrogen and oxygen atoms in total. The van der Waals surface area contributed by atoms with Crippen molar-refractivity contribution in [1.82, 2.24) is 0 Å². The molecule has 0 spiro atoms. The highest BCUT2D eigenvalue weighted by Crippen LogP contribution is 2.34. The minimum atomic E-state index is 0.0352. The number of hydrogen-bond donors (Lipinski definition) is 2. The number of thioether (sulfide) groups is 2. The Labute approximate surface area is 151 Å². The molecule has 134 valence electrons. The van der Waals surface area contributed by atoms with Gasteiger partial charge in [0.25, 0.3) is 0 Å². The minimum absolute atomic E-state index is 0.0352. The summed E-state index contributed by atoms with van der Waals surface area (Å²) < 4.78 is 11.3. The maximum atomic E-state index is 11.3. The molecule has 0 aliphatic heterocycles. The molecule has 0 fully saturated rings. The molecule has 0 aliphatic rings. The van der Waals surface area contributed by atoms with Gasteiger partial charge in [-0.25, -0.2) is 0 Å². The predicted molar refractivity (Wildman–Crippen MR) is 99.5 cm³/mol. The molecule has 4 N–H and O–H groups in total. The first-order chi connectivity index (χ1) is 11.5. The van der Waals surface area contributed by atoms with Crippen LogP contribution in [0.3, 0.4) is 0 Å². The molecule has 0 heterocycles. The molecular weight excluding hydrogens is 348 g/mol. The highest BCUT2D eigenvalue weighted by atomic mass is 32.2. The Morgan fingerprint density at radius 1 is 0.875 bits per heavy atom. The average molecular weight is 373 g/mol. The third-order valence-corrected chi connectivity index (χ3v) is 4.60. The van der Waals surface area contributed by atoms with Gasteiger partial charge < -0.3 is 20.9 Å². The molecule has 8 heteroatoms. The van der Waals surface area contributed by atoms with E-state index in [0.29, 0.717) is 49.3 Å². The second kappa shape index (κ2) is 11.4. The van der Waals surface area contributed by atoms with Gasteiger partial charge in [0.15, 0.2) is 21.7 Å². The molecule has 1 rings (SSSR count). The minimum Gasteiger partial charge on any atom is -0.488 e. The van der Waals surface area contributed by atoms with E-state index in [1.807, 2.05) is 12.1 Å². The predicted octanol–water partition coefficient (Wildman–Crippen LogP) is 1.92. The maximum absolute atomic E-state index is 11.3. The monoisotopic (exact) mass is 372 g/mol. The Morgan fingerprint density at radius 3 is 1.54 bits per heavy atom. The second-order valence-electron chi connectivity index (χ2n) is 4.90. The van der Waals surface area contributed by atoms with Crippen LogP contribution in [-0.4, -0.2) is 36.5 Å². The van der Waals surface area contributed by atoms with Gasteiger partial charge in [-0.3, -0.25) is 9.59 Å². The lowest BCUT2D eigenvalue weighted by Gasteiger charge is -2.17. The Kier molecular flexibility index (Phi) is 9.85. The Hall–Kier alpha value is -1.22. The van der Waals surface area contributed by atoms with Gasteiger partial charge in [0.1, 0.15) is 13.2 Å². The number of rotatable bonds is 10. The number of ether oxygens (including phenoxy) is 2. The van der Waals surface area contributed by atoms with Crippen LogP contribution in [0.5, 0.6) is 11.5 Å². The molecule has 0 bridgehead atoms. The first-order valence-electron chi connectivity index (χ1n) is 7.56. The first kappa shape index (κ1) is 20.8. The molecule has 0 atom stereocenters. The van der Waals surface area contributed by atoms with E-state index >= 15 is 0 Å². The summed E-state index contributed by atoms with van der Waals surface area (Å²) in [6, 6.07) is 3.71. The molecule has 0 radical (unpaired) electrons. The second-order valence-corrected chi connectivity index (χ2v) is 7.21. The SMILES string of the molecule is CC(=O)SCc1cc(OCCN)c(OCCN)cc1CSC(C)=O. The van der Waals surface area contributed by atoms with Gasteiger partial charge in [0, 0.05) is 38.4 Å². The molecule has 0 aromatic heterocycles. The van der Waals surface area contributed by atoms with Crippen LogP contribution in [0.4, 0.5) is 0 Å². The smallest absolute Gasteiger partial charge is 0.186 e. The average Bonchev–Trinajstić information content (AvgIpc) is 2.54. The lowest BCUT2D eigenvalue weighted by molar-refractivity contribution is -0.109. The Balaban J connectivity index is 3.13. The summed E-state index contributed by atoms with van der Waals surface area (Å²) in [4.78, 5) is 22.6. The highest BCUT2D eigenvalue weighted by Gasteiger charge is 2.14. The van der Waals surface area contributed by atoms with E-state index in [-0.39, 0.29) is 10.2 Å². The third-order valence-electron chi connectivity index (χ3n) is 2.88. The van der Waals surface area contributed by atoms with Gasteiger partial charge in [-0.1, -0.05) is 23.5 Å². The third kappa shape index (κ3) is 7.57. The molecule has 1 aromatic carbocycles. The number of benzene rings is 1. The van der Waals surface area contributed by atoms with Crippen molar-refractivity contribution in [2.75, 3.05) is 26.3 Å². The van der Waals surface area contributed by atoms with Crippen LogP contribution in [0.1, 0.15) is 25.0 Å². The largest absolute Gasteiger partial charge is 0.488 e. The van der Waals surface area contributed by atoms with Crippen LogP contribution < -0.4 is 20.9 Å². The van der Waals surface area contributed by atoms with Crippen LogP contribution in [0.25, 0.3) is 0 Å². The number of carbonyl (C=O) groups is 2. The van der Waals surface area contributed by atoms with E-state index in [1.54, 1.807) is 0 Å². The summed E-state index contributed by atoms with van der Waals surface area (Å²) in [5, 5.41) is 0.0705. The van der Waals surface area contributed by atoms with Crippen LogP contribution in [0, 0.1) is 0 Å². The molecular formula is C16H24N2O4S2. The van der Waals surface area contributed by atoms with Crippen molar-refractivity contribution in [3.05, 3.63) is 23.3 Å². The Morgan fingerprint density at radius 2 is 1.25 bits per heavy atom. The van der Waals surface area contributed by atoms with E-state index in [2.05, 4.69) is 0 Å². The summed E-state index contributed by atoms with van der Waals surface area (Å²) >= 11 is 2.43. The fourth-order valence-electron chi connectivity index (χ4n) is 1.83. The summed E-state index contributed by atoms with van der Waals surface area (Å²) in [7, 11) is 0. The molecule has 0 amide bonds. The summed E-state index contributed by atoms with van der Waals surface area (Å²) in [6.07, 6.45) is 0. The van der Waals surface area contributed by atoms with Crippen molar-refractivity contribution in [2.45, 2.75) is 25.4 Å². The van der Waals surface area contributed by atoms with Gasteiger partial charge in [0.05, 0.1) is 0 Å². The highest BCUT2D eigenvalue weighted by molar-refractivity contribution is 8.13. The fourth-order valence-corrected chi connectivity index (χ4v) is 3.09. The van der Waals surface area contributed by atoms with Crippen molar-refractivity contribution >= 4 is 33.8 Å². The van der Waals surface area contributed by atoms with E-state index in [4.69, 9.17) is 20.9 Å². The van der Waals surface area contributed by atoms with Crippen molar-refractivity contribution in [1.29, 1.82) is 0 Å². The van der Waals surface area contributed by atoms with E-state index < -0.39 is 0 Å². The van der Waals surface area contributed by atoms with Crippen molar-refractivity contribution in [3.8, 4) is 11.5 Å². The normalized spacial score (nSPS) is 10.5. The van der Waals surface area contributed by atoms with Gasteiger partial charge in [-0.15, -0.1) is 0 Å². The lowest BCUT2D eigenvalue weighted by Crippen LogP contribution is -2.14. The van der Waals surface area contributed by atoms with Crippen LogP contribution in [0.15, 0.2) is 12.1 Å². The zero-order chi connectivity index (χ0) is 17.9. The topological polar surface area (TPSA) is 105 Å². The first-order valence-corrected chi connectivity index (χ1v) is 9.53. The van der Waals surface area contributed by atoms with Crippen molar-refractivity contribution in [2.24, 2.45) is 11.5 Å². The number of carbonyl (C=O) groups excluding carboxylic acids is 2. The summed E-state index contributed by atoms with van der Waals surface area (Å²) in [5.41, 5.74) is 12.9. The van der Waals surface area contributed by atoms with E-state index in [9.17, 15) is 9.59 Å². The van der Waals surface area contributed by atoms with Crippen LogP contribution in [-0.2, 0) is 21.1 Å². The van der Waals surface area contributed by atoms with Gasteiger partial charge in [-0.05, 0) is 23.3 Å². The van der Waals surface area contributed by atoms with Gasteiger partial charge in [-0.2, -0.15) is 0 Å². The summed E-state index contributed by atoms with van der Waals surface area (Å²) in [6.45, 7) is 4.55. The standard InChI is InChI=1S/C16H24N2O4S2/c1-11(19)23-9-13-7-15(21-5-3-17)16(22-6-4-18)8-14(13)10-24-12(2)20/h7-8H,3-6,9-10,17-18H2,1-2H3. The van der Waals surface area contributed by atoms with Gasteiger partial charge >= 0.3 is 0 Å². The molecule has 24 heavy (non-hydrogen) atoms. The molecule has 1 aromatic rings. The Bertz CT molecular complexity index is 518. The molecule has 0 saturated carbocycles. The van der Waals surface area contributed by atoms with Crippen LogP contribution >= 0.6 is 23.5 Å². The van der Waals surface area contributed by atoms with Crippen molar-refractivity contribution in [3.63, 3.8) is 0 Å². The molecule has 0 aliphatic carbocycles. The van der Waals surface area contributed by atoms with E-state index in [1.165, 1.54) is 37.4 Å². The van der Waals surface area contributed by atoms with Crippen molar-refractivity contribution < 1.29 is 19.1 Å². The van der Waals surface area contributed by atoms with Gasteiger partial charge in [0.2, 0.25) is 0 Å². The fraction of sp³-hybridized carbons (Fsp3) is 0.500. The van der Waals surface area contributed by atoms with E-state index in [0.717, 1.165) is 11.1 Å². The maximum Gasteiger partial charge on any atom is 0.186 e. The molecule has 0 saturated heterocycles. The quantitative estimate of drug-likeness (QED) is 0.642. The zero-order valence-electron chi connectivity index (χ0n) is 14.0. The zero-order valence-corrected chi connectivity index (χ0v) is 15.6. The number of hydrogen-bond acceptors (Lipinski definition) is 8. The summed E-state index contributed by atoms with van der Waals surface area (Å²) in [5.74, 6) is 2.17. The lowest BCUT2D eigenvalue weighted by atomic mass is 10.1. The molecule has 0 unspecified atom stereocenters.